The lowest BCUT2D eigenvalue weighted by Gasteiger charge is -2.12. The average Bonchev–Trinajstić information content (AvgIpc) is 2.43. The van der Waals surface area contributed by atoms with Gasteiger partial charge < -0.3 is 0 Å². The number of nitrogens with zero attached hydrogens (tertiary/aromatic N) is 4. The Morgan fingerprint density at radius 1 is 1.69 bits per heavy atom. The zero-order valence-electron chi connectivity index (χ0n) is 6.22. The molecule has 7 nitrogen and oxygen atoms in total. The van der Waals surface area contributed by atoms with Crippen LogP contribution in [0.4, 0.5) is 0 Å². The summed E-state index contributed by atoms with van der Waals surface area (Å²) in [5, 5.41) is 10.7. The molecule has 0 atom stereocenters. The molecule has 68 valence electrons. The molecule has 0 aliphatic carbocycles. The molecule has 8 heteroatoms. The fraction of sp³-hybridized carbons (Fsp3) is 0. The maximum Gasteiger partial charge on any atom is 0.171 e. The van der Waals surface area contributed by atoms with E-state index in [1.165, 1.54) is 12.4 Å². The van der Waals surface area contributed by atoms with Gasteiger partial charge in [-0.15, -0.1) is 0 Å². The molecule has 1 N–H and O–H groups in total. The van der Waals surface area contributed by atoms with Crippen LogP contribution in [-0.4, -0.2) is 20.9 Å². The third-order valence-corrected chi connectivity index (χ3v) is 1.72. The summed E-state index contributed by atoms with van der Waals surface area (Å²) in [6.07, 6.45) is 3.95. The number of fused-ring (bicyclic) bond motifs is 1. The standard InChI is InChI=1S/C5H4ClN5O2/c6-10-2-5-4(8-10)1-7-3-9(5)11(12)13/h1-3,8H. The van der Waals surface area contributed by atoms with E-state index in [4.69, 9.17) is 11.8 Å². The first-order chi connectivity index (χ1) is 6.18. The molecule has 2 aliphatic rings. The molecule has 2 heterocycles. The van der Waals surface area contributed by atoms with Crippen LogP contribution in [0, 0.1) is 10.1 Å². The number of rotatable bonds is 1. The second-order valence-electron chi connectivity index (χ2n) is 2.33. The van der Waals surface area contributed by atoms with Crippen LogP contribution in [0.25, 0.3) is 0 Å². The lowest BCUT2D eigenvalue weighted by molar-refractivity contribution is -0.615. The average molecular weight is 202 g/mol. The Hall–Kier alpha value is -1.76. The van der Waals surface area contributed by atoms with Crippen molar-refractivity contribution in [3.63, 3.8) is 0 Å². The molecular formula is C5H4ClN5O2. The number of nitro groups is 1. The monoisotopic (exact) mass is 201 g/mol. The van der Waals surface area contributed by atoms with Crippen molar-refractivity contribution in [2.24, 2.45) is 4.99 Å². The minimum absolute atomic E-state index is 0.356. The van der Waals surface area contributed by atoms with Crippen LogP contribution in [0.1, 0.15) is 0 Å². The Kier molecular flexibility index (Phi) is 1.59. The molecule has 0 aromatic heterocycles. The summed E-state index contributed by atoms with van der Waals surface area (Å²) in [5.41, 5.74) is 3.50. The molecular weight excluding hydrogens is 198 g/mol. The zero-order valence-corrected chi connectivity index (χ0v) is 6.97. The van der Waals surface area contributed by atoms with Crippen molar-refractivity contribution >= 4 is 18.1 Å². The van der Waals surface area contributed by atoms with Crippen molar-refractivity contribution in [1.29, 1.82) is 0 Å². The van der Waals surface area contributed by atoms with Gasteiger partial charge in [0.05, 0.1) is 12.4 Å². The highest BCUT2D eigenvalue weighted by Gasteiger charge is 2.30. The van der Waals surface area contributed by atoms with Gasteiger partial charge >= 0.3 is 0 Å². The van der Waals surface area contributed by atoms with E-state index in [0.717, 1.165) is 15.9 Å². The van der Waals surface area contributed by atoms with E-state index in [0.29, 0.717) is 11.4 Å². The van der Waals surface area contributed by atoms with Gasteiger partial charge in [-0.3, -0.25) is 5.43 Å². The fourth-order valence-corrected chi connectivity index (χ4v) is 1.21. The van der Waals surface area contributed by atoms with E-state index in [9.17, 15) is 10.1 Å². The van der Waals surface area contributed by atoms with Gasteiger partial charge in [-0.05, 0) is 5.01 Å². The second-order valence-corrected chi connectivity index (χ2v) is 2.69. The maximum absolute atomic E-state index is 10.5. The molecule has 0 spiro atoms. The lowest BCUT2D eigenvalue weighted by atomic mass is 10.3. The molecule has 0 aromatic carbocycles. The van der Waals surface area contributed by atoms with Gasteiger partial charge in [0.15, 0.2) is 17.1 Å². The number of halogens is 1. The topological polar surface area (TPSA) is 74.0 Å². The van der Waals surface area contributed by atoms with Gasteiger partial charge in [-0.2, -0.15) is 0 Å². The van der Waals surface area contributed by atoms with Crippen LogP contribution >= 0.6 is 11.8 Å². The van der Waals surface area contributed by atoms with Crippen molar-refractivity contribution in [3.05, 3.63) is 33.9 Å². The third kappa shape index (κ3) is 1.18. The SMILES string of the molecule is O=[N+]([O-])N1C=NC=C2NN(Cl)C=C21. The van der Waals surface area contributed by atoms with Crippen molar-refractivity contribution in [2.75, 3.05) is 0 Å². The fourth-order valence-electron chi connectivity index (χ4n) is 1.02. The molecule has 0 fully saturated rings. The summed E-state index contributed by atoms with van der Waals surface area (Å²) in [5.74, 6) is 0. The summed E-state index contributed by atoms with van der Waals surface area (Å²) in [6.45, 7) is 0. The molecule has 0 aromatic rings. The van der Waals surface area contributed by atoms with Crippen LogP contribution in [-0.2, 0) is 0 Å². The summed E-state index contributed by atoms with van der Waals surface area (Å²) >= 11 is 5.56. The van der Waals surface area contributed by atoms with Crippen molar-refractivity contribution < 1.29 is 5.03 Å². The van der Waals surface area contributed by atoms with E-state index in [2.05, 4.69) is 10.4 Å². The van der Waals surface area contributed by atoms with Gasteiger partial charge in [0, 0.05) is 11.8 Å². The van der Waals surface area contributed by atoms with Crippen LogP contribution in [0.2, 0.25) is 0 Å². The number of hydrazine groups is 2. The summed E-state index contributed by atoms with van der Waals surface area (Å²) in [4.78, 5) is 14.2. The van der Waals surface area contributed by atoms with Crippen molar-refractivity contribution in [1.82, 2.24) is 15.0 Å². The molecule has 0 unspecified atom stereocenters. The Labute approximate surface area is 77.8 Å². The smallest absolute Gasteiger partial charge is 0.171 e. The van der Waals surface area contributed by atoms with E-state index in [1.807, 2.05) is 0 Å². The summed E-state index contributed by atoms with van der Waals surface area (Å²) in [7, 11) is 0. The maximum atomic E-state index is 10.5. The summed E-state index contributed by atoms with van der Waals surface area (Å²) < 4.78 is 1.10. The highest BCUT2D eigenvalue weighted by Crippen LogP contribution is 2.22. The Bertz CT molecular complexity index is 349. The highest BCUT2D eigenvalue weighted by molar-refractivity contribution is 6.14. The van der Waals surface area contributed by atoms with Gasteiger partial charge in [0.1, 0.15) is 5.70 Å². The quantitative estimate of drug-likeness (QED) is 0.372. The van der Waals surface area contributed by atoms with E-state index in [1.54, 1.807) is 0 Å². The largest absolute Gasteiger partial charge is 0.280 e. The molecule has 13 heavy (non-hydrogen) atoms. The number of aliphatic imine (C=N–C) groups is 1. The van der Waals surface area contributed by atoms with Crippen molar-refractivity contribution in [2.45, 2.75) is 0 Å². The minimum Gasteiger partial charge on any atom is -0.280 e. The van der Waals surface area contributed by atoms with Gasteiger partial charge in [0.25, 0.3) is 0 Å². The van der Waals surface area contributed by atoms with Gasteiger partial charge in [-0.25, -0.2) is 19.6 Å². The lowest BCUT2D eigenvalue weighted by Crippen LogP contribution is -2.31. The zero-order chi connectivity index (χ0) is 9.42. The molecule has 0 bridgehead atoms. The first-order valence-corrected chi connectivity index (χ1v) is 3.63. The molecule has 2 aliphatic heterocycles. The van der Waals surface area contributed by atoms with E-state index >= 15 is 0 Å². The van der Waals surface area contributed by atoms with Crippen LogP contribution in [0.3, 0.4) is 0 Å². The molecule has 0 amide bonds. The predicted molar refractivity (Wildman–Crippen MR) is 44.3 cm³/mol. The van der Waals surface area contributed by atoms with Crippen LogP contribution < -0.4 is 5.43 Å². The van der Waals surface area contributed by atoms with E-state index < -0.39 is 5.03 Å². The second kappa shape index (κ2) is 2.63. The minimum atomic E-state index is -0.583. The van der Waals surface area contributed by atoms with Crippen LogP contribution in [0.15, 0.2) is 28.8 Å². The molecule has 0 saturated heterocycles. The first kappa shape index (κ1) is 7.87. The third-order valence-electron chi connectivity index (χ3n) is 1.54. The normalized spacial score (nSPS) is 19.2. The number of nitrogens with one attached hydrogen (secondary N) is 1. The van der Waals surface area contributed by atoms with E-state index in [-0.39, 0.29) is 0 Å². The summed E-state index contributed by atoms with van der Waals surface area (Å²) in [6, 6.07) is 0. The number of hydrogen-bond donors (Lipinski definition) is 1. The Balaban J connectivity index is 2.36. The molecule has 0 saturated carbocycles. The van der Waals surface area contributed by atoms with Gasteiger partial charge in [0.2, 0.25) is 0 Å². The molecule has 2 rings (SSSR count). The highest BCUT2D eigenvalue weighted by atomic mass is 35.5. The van der Waals surface area contributed by atoms with Crippen LogP contribution in [0.5, 0.6) is 0 Å². The number of hydrogen-bond acceptors (Lipinski definition) is 5. The molecule has 0 radical (unpaired) electrons. The first-order valence-electron chi connectivity index (χ1n) is 3.29. The Morgan fingerprint density at radius 3 is 3.15 bits per heavy atom. The van der Waals surface area contributed by atoms with Crippen molar-refractivity contribution in [3.8, 4) is 0 Å². The van der Waals surface area contributed by atoms with Gasteiger partial charge in [-0.1, -0.05) is 0 Å². The predicted octanol–water partition coefficient (Wildman–Crippen LogP) is 0.179. The Morgan fingerprint density at radius 2 is 2.46 bits per heavy atom.